The van der Waals surface area contributed by atoms with E-state index in [0.717, 1.165) is 6.07 Å². The molecule has 0 unspecified atom stereocenters. The Morgan fingerprint density at radius 1 is 1.19 bits per heavy atom. The minimum Gasteiger partial charge on any atom is -0.493 e. The van der Waals surface area contributed by atoms with Crippen molar-refractivity contribution in [2.45, 2.75) is 0 Å². The van der Waals surface area contributed by atoms with Gasteiger partial charge in [-0.2, -0.15) is 0 Å². The number of carbonyl (C=O) groups is 1. The van der Waals surface area contributed by atoms with E-state index in [0.29, 0.717) is 17.2 Å². The molecule has 0 saturated heterocycles. The van der Waals surface area contributed by atoms with Crippen LogP contribution < -0.4 is 19.9 Å². The van der Waals surface area contributed by atoms with Crippen molar-refractivity contribution in [3.05, 3.63) is 46.6 Å². The SMILES string of the molecule is COc1ccc(N(C)C(=O)c2cc(=O)[nH]cn2)cc1OC. The van der Waals surface area contributed by atoms with Crippen LogP contribution >= 0.6 is 0 Å². The molecule has 0 aliphatic carbocycles. The third-order valence-corrected chi connectivity index (χ3v) is 2.96. The largest absolute Gasteiger partial charge is 0.493 e. The first-order valence-electron chi connectivity index (χ1n) is 6.11. The number of amides is 1. The summed E-state index contributed by atoms with van der Waals surface area (Å²) in [6.45, 7) is 0. The Hall–Kier alpha value is -2.83. The fourth-order valence-corrected chi connectivity index (χ4v) is 1.81. The number of hydrogen-bond donors (Lipinski definition) is 1. The summed E-state index contributed by atoms with van der Waals surface area (Å²) in [5, 5.41) is 0. The van der Waals surface area contributed by atoms with Gasteiger partial charge in [0.15, 0.2) is 11.5 Å². The molecule has 0 atom stereocenters. The van der Waals surface area contributed by atoms with Crippen LogP contribution in [0.15, 0.2) is 35.4 Å². The first-order valence-corrected chi connectivity index (χ1v) is 6.11. The monoisotopic (exact) mass is 289 g/mol. The first kappa shape index (κ1) is 14.6. The van der Waals surface area contributed by atoms with E-state index in [1.807, 2.05) is 0 Å². The summed E-state index contributed by atoms with van der Waals surface area (Å²) in [5.41, 5.74) is 0.282. The minimum absolute atomic E-state index is 0.0658. The number of anilines is 1. The van der Waals surface area contributed by atoms with Crippen molar-refractivity contribution in [2.24, 2.45) is 0 Å². The van der Waals surface area contributed by atoms with Crippen LogP contribution in [0.5, 0.6) is 11.5 Å². The lowest BCUT2D eigenvalue weighted by atomic mass is 10.2. The molecule has 0 bridgehead atoms. The van der Waals surface area contributed by atoms with E-state index in [9.17, 15) is 9.59 Å². The Labute approximate surface area is 121 Å². The summed E-state index contributed by atoms with van der Waals surface area (Å²) in [6.07, 6.45) is 1.19. The predicted octanol–water partition coefficient (Wildman–Crippen LogP) is 1.06. The Morgan fingerprint density at radius 3 is 2.52 bits per heavy atom. The highest BCUT2D eigenvalue weighted by Gasteiger charge is 2.17. The van der Waals surface area contributed by atoms with Gasteiger partial charge in [-0.3, -0.25) is 9.59 Å². The first-order chi connectivity index (χ1) is 10.1. The van der Waals surface area contributed by atoms with Crippen LogP contribution in [-0.4, -0.2) is 37.1 Å². The van der Waals surface area contributed by atoms with Gasteiger partial charge in [0.25, 0.3) is 11.5 Å². The van der Waals surface area contributed by atoms with Crippen molar-refractivity contribution in [1.82, 2.24) is 9.97 Å². The van der Waals surface area contributed by atoms with Crippen LogP contribution in [0.1, 0.15) is 10.5 Å². The van der Waals surface area contributed by atoms with Crippen LogP contribution in [0.25, 0.3) is 0 Å². The Kier molecular flexibility index (Phi) is 4.22. The number of benzene rings is 1. The van der Waals surface area contributed by atoms with Gasteiger partial charge < -0.3 is 19.4 Å². The number of hydrogen-bond acceptors (Lipinski definition) is 5. The zero-order valence-corrected chi connectivity index (χ0v) is 11.9. The molecule has 2 aromatic rings. The van der Waals surface area contributed by atoms with Crippen LogP contribution in [0, 0.1) is 0 Å². The molecule has 1 N–H and O–H groups in total. The molecule has 21 heavy (non-hydrogen) atoms. The van der Waals surface area contributed by atoms with E-state index in [1.54, 1.807) is 25.2 Å². The summed E-state index contributed by atoms with van der Waals surface area (Å²) in [4.78, 5) is 31.1. The zero-order chi connectivity index (χ0) is 15.4. The number of nitrogens with one attached hydrogen (secondary N) is 1. The topological polar surface area (TPSA) is 84.5 Å². The molecule has 0 aliphatic rings. The van der Waals surface area contributed by atoms with Crippen molar-refractivity contribution in [1.29, 1.82) is 0 Å². The maximum Gasteiger partial charge on any atom is 0.276 e. The van der Waals surface area contributed by atoms with Gasteiger partial charge in [0.05, 0.1) is 20.5 Å². The number of ether oxygens (including phenoxy) is 2. The number of methoxy groups -OCH3 is 2. The molecule has 1 amide bonds. The second kappa shape index (κ2) is 6.08. The summed E-state index contributed by atoms with van der Waals surface area (Å²) in [5.74, 6) is 0.679. The Bertz CT molecular complexity index is 711. The summed E-state index contributed by atoms with van der Waals surface area (Å²) >= 11 is 0. The van der Waals surface area contributed by atoms with Gasteiger partial charge in [0, 0.05) is 24.9 Å². The Morgan fingerprint density at radius 2 is 1.90 bits per heavy atom. The highest BCUT2D eigenvalue weighted by molar-refractivity contribution is 6.04. The van der Waals surface area contributed by atoms with Crippen LogP contribution in [0.2, 0.25) is 0 Å². The van der Waals surface area contributed by atoms with E-state index in [4.69, 9.17) is 9.47 Å². The molecule has 1 heterocycles. The van der Waals surface area contributed by atoms with Gasteiger partial charge in [-0.15, -0.1) is 0 Å². The average molecular weight is 289 g/mol. The standard InChI is InChI=1S/C14H15N3O4/c1-17(14(19)10-7-13(18)16-8-15-10)9-4-5-11(20-2)12(6-9)21-3/h4-8H,1-3H3,(H,15,16,18). The van der Waals surface area contributed by atoms with Gasteiger partial charge in [0.2, 0.25) is 0 Å². The van der Waals surface area contributed by atoms with Crippen LogP contribution in [0.4, 0.5) is 5.69 Å². The van der Waals surface area contributed by atoms with Crippen molar-refractivity contribution in [3.63, 3.8) is 0 Å². The number of nitrogens with zero attached hydrogens (tertiary/aromatic N) is 2. The van der Waals surface area contributed by atoms with Gasteiger partial charge in [-0.05, 0) is 12.1 Å². The van der Waals surface area contributed by atoms with Gasteiger partial charge in [0.1, 0.15) is 5.69 Å². The summed E-state index contributed by atoms with van der Waals surface area (Å²) in [7, 11) is 4.64. The average Bonchev–Trinajstić information content (AvgIpc) is 2.52. The lowest BCUT2D eigenvalue weighted by Gasteiger charge is -2.18. The fraction of sp³-hybridized carbons (Fsp3) is 0.214. The molecule has 1 aromatic heterocycles. The molecule has 0 spiro atoms. The number of aromatic nitrogens is 2. The third-order valence-electron chi connectivity index (χ3n) is 2.96. The normalized spacial score (nSPS) is 10.0. The van der Waals surface area contributed by atoms with Crippen molar-refractivity contribution in [3.8, 4) is 11.5 Å². The zero-order valence-electron chi connectivity index (χ0n) is 11.9. The second-order valence-corrected chi connectivity index (χ2v) is 4.20. The molecule has 110 valence electrons. The van der Waals surface area contributed by atoms with Crippen molar-refractivity contribution < 1.29 is 14.3 Å². The van der Waals surface area contributed by atoms with Crippen molar-refractivity contribution in [2.75, 3.05) is 26.2 Å². The molecule has 7 heteroatoms. The quantitative estimate of drug-likeness (QED) is 0.910. The maximum absolute atomic E-state index is 12.3. The van der Waals surface area contributed by atoms with Crippen LogP contribution in [-0.2, 0) is 0 Å². The lowest BCUT2D eigenvalue weighted by Crippen LogP contribution is -2.28. The molecule has 7 nitrogen and oxygen atoms in total. The van der Waals surface area contributed by atoms with E-state index in [2.05, 4.69) is 9.97 Å². The fourth-order valence-electron chi connectivity index (χ4n) is 1.81. The predicted molar refractivity (Wildman–Crippen MR) is 77.1 cm³/mol. The second-order valence-electron chi connectivity index (χ2n) is 4.20. The number of carbonyl (C=O) groups excluding carboxylic acids is 1. The summed E-state index contributed by atoms with van der Waals surface area (Å²) in [6, 6.07) is 6.24. The molecule has 0 saturated carbocycles. The number of aromatic amines is 1. The number of rotatable bonds is 4. The molecule has 0 radical (unpaired) electrons. The highest BCUT2D eigenvalue weighted by Crippen LogP contribution is 2.31. The van der Waals surface area contributed by atoms with Crippen LogP contribution in [0.3, 0.4) is 0 Å². The lowest BCUT2D eigenvalue weighted by molar-refractivity contribution is 0.0988. The third kappa shape index (κ3) is 3.02. The molecule has 0 aliphatic heterocycles. The Balaban J connectivity index is 2.33. The van der Waals surface area contributed by atoms with E-state index >= 15 is 0 Å². The van der Waals surface area contributed by atoms with E-state index in [1.165, 1.54) is 25.4 Å². The smallest absolute Gasteiger partial charge is 0.276 e. The maximum atomic E-state index is 12.3. The molecule has 0 fully saturated rings. The van der Waals surface area contributed by atoms with E-state index < -0.39 is 5.91 Å². The number of H-pyrrole nitrogens is 1. The molecular weight excluding hydrogens is 274 g/mol. The van der Waals surface area contributed by atoms with E-state index in [-0.39, 0.29) is 11.3 Å². The summed E-state index contributed by atoms with van der Waals surface area (Å²) < 4.78 is 10.3. The van der Waals surface area contributed by atoms with Gasteiger partial charge >= 0.3 is 0 Å². The molecular formula is C14H15N3O4. The van der Waals surface area contributed by atoms with Gasteiger partial charge in [-0.25, -0.2) is 4.98 Å². The van der Waals surface area contributed by atoms with Crippen molar-refractivity contribution >= 4 is 11.6 Å². The minimum atomic E-state index is -0.395. The highest BCUT2D eigenvalue weighted by atomic mass is 16.5. The molecule has 1 aromatic carbocycles. The molecule has 2 rings (SSSR count). The van der Waals surface area contributed by atoms with Gasteiger partial charge in [-0.1, -0.05) is 0 Å².